The molecular weight excluding hydrogens is 396 g/mol. The van der Waals surface area contributed by atoms with Crippen molar-refractivity contribution >= 4 is 23.2 Å². The Morgan fingerprint density at radius 3 is 2.79 bits per heavy atom. The highest BCUT2D eigenvalue weighted by molar-refractivity contribution is 6.32. The number of likely N-dealkylation sites (tertiary alicyclic amines) is 1. The number of rotatable bonds is 4. The van der Waals surface area contributed by atoms with Crippen LogP contribution in [0.15, 0.2) is 53.1 Å². The monoisotopic (exact) mass is 412 g/mol. The summed E-state index contributed by atoms with van der Waals surface area (Å²) >= 11 is 5.84. The maximum absolute atomic E-state index is 12.9. The fraction of sp³-hybridized carbons (Fsp3) is 0.250. The predicted octanol–water partition coefficient (Wildman–Crippen LogP) is 4.32. The number of benzene rings is 2. The molecule has 8 nitrogen and oxygen atoms in total. The van der Waals surface area contributed by atoms with Crippen molar-refractivity contribution in [2.75, 3.05) is 13.1 Å². The third kappa shape index (κ3) is 3.97. The van der Waals surface area contributed by atoms with E-state index in [-0.39, 0.29) is 28.1 Å². The molecule has 1 atom stereocenters. The van der Waals surface area contributed by atoms with E-state index in [1.165, 1.54) is 18.2 Å². The zero-order valence-corrected chi connectivity index (χ0v) is 16.1. The lowest BCUT2D eigenvalue weighted by atomic mass is 9.97. The van der Waals surface area contributed by atoms with Crippen molar-refractivity contribution in [3.05, 3.63) is 75.1 Å². The number of carbonyl (C=O) groups excluding carboxylic acids is 1. The number of nitrogens with zero attached hydrogens (tertiary/aromatic N) is 4. The van der Waals surface area contributed by atoms with E-state index in [1.54, 1.807) is 4.90 Å². The fourth-order valence-electron chi connectivity index (χ4n) is 3.44. The molecule has 148 valence electrons. The Labute approximate surface area is 171 Å². The van der Waals surface area contributed by atoms with E-state index in [0.717, 1.165) is 18.4 Å². The van der Waals surface area contributed by atoms with Gasteiger partial charge in [-0.2, -0.15) is 4.98 Å². The Hall–Kier alpha value is -3.26. The average molecular weight is 413 g/mol. The number of amides is 1. The van der Waals surface area contributed by atoms with Gasteiger partial charge >= 0.3 is 0 Å². The predicted molar refractivity (Wildman–Crippen MR) is 106 cm³/mol. The molecule has 1 saturated heterocycles. The highest BCUT2D eigenvalue weighted by Gasteiger charge is 2.30. The first-order chi connectivity index (χ1) is 14.0. The summed E-state index contributed by atoms with van der Waals surface area (Å²) in [5, 5.41) is 15.2. The Bertz CT molecular complexity index is 1050. The van der Waals surface area contributed by atoms with Crippen LogP contribution in [-0.4, -0.2) is 39.0 Å². The zero-order valence-electron chi connectivity index (χ0n) is 15.3. The van der Waals surface area contributed by atoms with Crippen molar-refractivity contribution in [3.8, 4) is 11.4 Å². The first-order valence-corrected chi connectivity index (χ1v) is 9.53. The Morgan fingerprint density at radius 2 is 2.03 bits per heavy atom. The summed E-state index contributed by atoms with van der Waals surface area (Å²) in [4.78, 5) is 29.5. The van der Waals surface area contributed by atoms with Crippen molar-refractivity contribution in [1.29, 1.82) is 0 Å². The topological polar surface area (TPSA) is 102 Å². The number of hydrogen-bond acceptors (Lipinski definition) is 6. The van der Waals surface area contributed by atoms with Crippen LogP contribution in [0.2, 0.25) is 5.02 Å². The van der Waals surface area contributed by atoms with Crippen LogP contribution >= 0.6 is 11.6 Å². The normalized spacial score (nSPS) is 16.6. The molecule has 1 aliphatic rings. The van der Waals surface area contributed by atoms with Gasteiger partial charge in [0.1, 0.15) is 5.02 Å². The molecule has 0 radical (unpaired) electrons. The number of nitro benzene ring substituents is 1. The van der Waals surface area contributed by atoms with Crippen molar-refractivity contribution < 1.29 is 14.2 Å². The molecule has 1 aliphatic heterocycles. The molecule has 0 unspecified atom stereocenters. The number of halogens is 1. The van der Waals surface area contributed by atoms with Gasteiger partial charge < -0.3 is 9.42 Å². The van der Waals surface area contributed by atoms with E-state index < -0.39 is 4.92 Å². The first kappa shape index (κ1) is 19.1. The molecule has 9 heteroatoms. The van der Waals surface area contributed by atoms with Gasteiger partial charge in [0.25, 0.3) is 11.6 Å². The first-order valence-electron chi connectivity index (χ1n) is 9.15. The van der Waals surface area contributed by atoms with Crippen LogP contribution in [0, 0.1) is 10.1 Å². The summed E-state index contributed by atoms with van der Waals surface area (Å²) in [6, 6.07) is 13.6. The number of carbonyl (C=O) groups is 1. The van der Waals surface area contributed by atoms with Gasteiger partial charge in [0.05, 0.1) is 10.8 Å². The second-order valence-electron chi connectivity index (χ2n) is 6.84. The molecule has 1 fully saturated rings. The molecule has 0 bridgehead atoms. The molecule has 29 heavy (non-hydrogen) atoms. The van der Waals surface area contributed by atoms with E-state index in [0.29, 0.717) is 24.8 Å². The van der Waals surface area contributed by atoms with E-state index in [9.17, 15) is 14.9 Å². The molecule has 1 amide bonds. The van der Waals surface area contributed by atoms with Gasteiger partial charge in [-0.3, -0.25) is 14.9 Å². The van der Waals surface area contributed by atoms with E-state index in [2.05, 4.69) is 10.1 Å². The summed E-state index contributed by atoms with van der Waals surface area (Å²) in [5.74, 6) is 0.637. The summed E-state index contributed by atoms with van der Waals surface area (Å²) < 4.78 is 5.45. The van der Waals surface area contributed by atoms with Gasteiger partial charge in [-0.25, -0.2) is 0 Å². The van der Waals surface area contributed by atoms with Gasteiger partial charge in [-0.15, -0.1) is 0 Å². The van der Waals surface area contributed by atoms with Gasteiger partial charge in [-0.1, -0.05) is 47.1 Å². The summed E-state index contributed by atoms with van der Waals surface area (Å²) in [6.45, 7) is 0.969. The lowest BCUT2D eigenvalue weighted by Crippen LogP contribution is -2.39. The van der Waals surface area contributed by atoms with Crippen LogP contribution in [0.1, 0.15) is 35.0 Å². The SMILES string of the molecule is O=C(c1ccc(Cl)c([N+](=O)[O-])c1)N1CCC[C@H](c2nc(-c3ccccc3)no2)C1. The van der Waals surface area contributed by atoms with Gasteiger partial charge in [0, 0.05) is 30.3 Å². The number of aromatic nitrogens is 2. The molecule has 0 saturated carbocycles. The summed E-state index contributed by atoms with van der Waals surface area (Å²) in [5.41, 5.74) is 0.812. The smallest absolute Gasteiger partial charge is 0.288 e. The Kier molecular flexibility index (Phi) is 5.26. The minimum atomic E-state index is -0.596. The Balaban J connectivity index is 1.52. The van der Waals surface area contributed by atoms with Crippen molar-refractivity contribution in [2.45, 2.75) is 18.8 Å². The number of piperidine rings is 1. The quantitative estimate of drug-likeness (QED) is 0.467. The molecule has 3 aromatic rings. The second-order valence-corrected chi connectivity index (χ2v) is 7.24. The fourth-order valence-corrected chi connectivity index (χ4v) is 3.62. The Morgan fingerprint density at radius 1 is 1.24 bits per heavy atom. The summed E-state index contributed by atoms with van der Waals surface area (Å²) in [7, 11) is 0. The van der Waals surface area contributed by atoms with E-state index in [1.807, 2.05) is 30.3 Å². The van der Waals surface area contributed by atoms with Crippen LogP contribution < -0.4 is 0 Å². The lowest BCUT2D eigenvalue weighted by Gasteiger charge is -2.31. The highest BCUT2D eigenvalue weighted by atomic mass is 35.5. The maximum Gasteiger partial charge on any atom is 0.288 e. The van der Waals surface area contributed by atoms with Gasteiger partial charge in [0.15, 0.2) is 0 Å². The van der Waals surface area contributed by atoms with Crippen molar-refractivity contribution in [2.24, 2.45) is 0 Å². The maximum atomic E-state index is 12.9. The van der Waals surface area contributed by atoms with Crippen LogP contribution in [0.5, 0.6) is 0 Å². The van der Waals surface area contributed by atoms with E-state index in [4.69, 9.17) is 16.1 Å². The van der Waals surface area contributed by atoms with Crippen LogP contribution in [0.25, 0.3) is 11.4 Å². The van der Waals surface area contributed by atoms with Crippen molar-refractivity contribution in [1.82, 2.24) is 15.0 Å². The van der Waals surface area contributed by atoms with Gasteiger partial charge in [-0.05, 0) is 25.0 Å². The highest BCUT2D eigenvalue weighted by Crippen LogP contribution is 2.30. The largest absolute Gasteiger partial charge is 0.339 e. The third-order valence-corrected chi connectivity index (χ3v) is 5.24. The lowest BCUT2D eigenvalue weighted by molar-refractivity contribution is -0.384. The number of nitro groups is 1. The number of hydrogen-bond donors (Lipinski definition) is 0. The molecular formula is C20H17ClN4O4. The van der Waals surface area contributed by atoms with Crippen LogP contribution in [0.3, 0.4) is 0 Å². The summed E-state index contributed by atoms with van der Waals surface area (Å²) in [6.07, 6.45) is 1.59. The van der Waals surface area contributed by atoms with E-state index >= 15 is 0 Å². The van der Waals surface area contributed by atoms with Gasteiger partial charge in [0.2, 0.25) is 11.7 Å². The zero-order chi connectivity index (χ0) is 20.4. The van der Waals surface area contributed by atoms with Crippen LogP contribution in [-0.2, 0) is 0 Å². The standard InChI is InChI=1S/C20H17ClN4O4/c21-16-9-8-14(11-17(16)25(27)28)20(26)24-10-4-7-15(12-24)19-22-18(23-29-19)13-5-2-1-3-6-13/h1-3,5-6,8-9,11,15H,4,7,10,12H2/t15-/m0/s1. The minimum Gasteiger partial charge on any atom is -0.339 e. The minimum absolute atomic E-state index is 0.00220. The molecule has 4 rings (SSSR count). The second kappa shape index (κ2) is 8.00. The van der Waals surface area contributed by atoms with Crippen LogP contribution in [0.4, 0.5) is 5.69 Å². The molecule has 1 aromatic heterocycles. The van der Waals surface area contributed by atoms with Crippen molar-refractivity contribution in [3.63, 3.8) is 0 Å². The average Bonchev–Trinajstić information content (AvgIpc) is 3.24. The molecule has 0 aliphatic carbocycles. The molecule has 0 N–H and O–H groups in total. The molecule has 2 aromatic carbocycles. The molecule has 0 spiro atoms. The third-order valence-electron chi connectivity index (χ3n) is 4.92. The molecule has 2 heterocycles.